The van der Waals surface area contributed by atoms with Crippen molar-refractivity contribution in [3.05, 3.63) is 34.6 Å². The molecule has 4 heteroatoms. The molecule has 0 atom stereocenters. The van der Waals surface area contributed by atoms with Crippen LogP contribution in [0.5, 0.6) is 0 Å². The van der Waals surface area contributed by atoms with Gasteiger partial charge in [0.1, 0.15) is 5.82 Å². The Hall–Kier alpha value is -0.640. The lowest BCUT2D eigenvalue weighted by Gasteiger charge is -2.39. The predicted octanol–water partition coefficient (Wildman–Crippen LogP) is 3.50. The standard InChI is InChI=1S/C16H23ClFNO/c1-12(2)11-19-7-5-16(20,6-8-19)10-13-3-4-14(17)9-15(13)18/h3-4,9,12,20H,5-8,10-11H2,1-2H3. The molecule has 1 aliphatic heterocycles. The highest BCUT2D eigenvalue weighted by Crippen LogP contribution is 2.28. The first kappa shape index (κ1) is 15.7. The number of halogens is 2. The fourth-order valence-electron chi connectivity index (χ4n) is 2.86. The summed E-state index contributed by atoms with van der Waals surface area (Å²) in [6, 6.07) is 4.67. The lowest BCUT2D eigenvalue weighted by atomic mass is 9.85. The molecular formula is C16H23ClFNO. The number of benzene rings is 1. The van der Waals surface area contributed by atoms with Crippen LogP contribution in [0.1, 0.15) is 32.3 Å². The molecule has 1 N–H and O–H groups in total. The first-order chi connectivity index (χ1) is 9.38. The Morgan fingerprint density at radius 3 is 2.55 bits per heavy atom. The second-order valence-electron chi connectivity index (χ2n) is 6.33. The highest BCUT2D eigenvalue weighted by Gasteiger charge is 2.33. The zero-order chi connectivity index (χ0) is 14.8. The van der Waals surface area contributed by atoms with Gasteiger partial charge in [0.25, 0.3) is 0 Å². The Kier molecular flexibility index (Phi) is 5.05. The SMILES string of the molecule is CC(C)CN1CCC(O)(Cc2ccc(Cl)cc2F)CC1. The van der Waals surface area contributed by atoms with E-state index in [2.05, 4.69) is 18.7 Å². The molecule has 0 bridgehead atoms. The number of hydrogen-bond donors (Lipinski definition) is 1. The molecule has 0 radical (unpaired) electrons. The predicted molar refractivity (Wildman–Crippen MR) is 80.6 cm³/mol. The van der Waals surface area contributed by atoms with Crippen molar-refractivity contribution < 1.29 is 9.50 Å². The van der Waals surface area contributed by atoms with Crippen LogP contribution in [-0.2, 0) is 6.42 Å². The van der Waals surface area contributed by atoms with Crippen LogP contribution in [0.4, 0.5) is 4.39 Å². The highest BCUT2D eigenvalue weighted by atomic mass is 35.5. The average molecular weight is 300 g/mol. The summed E-state index contributed by atoms with van der Waals surface area (Å²) in [4.78, 5) is 2.37. The zero-order valence-corrected chi connectivity index (χ0v) is 13.0. The van der Waals surface area contributed by atoms with Crippen LogP contribution in [-0.4, -0.2) is 35.2 Å². The van der Waals surface area contributed by atoms with Crippen molar-refractivity contribution in [2.45, 2.75) is 38.7 Å². The Balaban J connectivity index is 1.96. The van der Waals surface area contributed by atoms with Crippen LogP contribution in [0.25, 0.3) is 0 Å². The summed E-state index contributed by atoms with van der Waals surface area (Å²) < 4.78 is 13.8. The van der Waals surface area contributed by atoms with Gasteiger partial charge in [0.2, 0.25) is 0 Å². The summed E-state index contributed by atoms with van der Waals surface area (Å²) in [5.41, 5.74) is -0.239. The third kappa shape index (κ3) is 4.18. The summed E-state index contributed by atoms with van der Waals surface area (Å²) in [5, 5.41) is 11.0. The topological polar surface area (TPSA) is 23.5 Å². The van der Waals surface area contributed by atoms with Gasteiger partial charge in [0, 0.05) is 31.1 Å². The molecule has 1 saturated heterocycles. The van der Waals surface area contributed by atoms with E-state index in [9.17, 15) is 9.50 Å². The second kappa shape index (κ2) is 6.42. The summed E-state index contributed by atoms with van der Waals surface area (Å²) in [5.74, 6) is 0.311. The molecule has 20 heavy (non-hydrogen) atoms. The van der Waals surface area contributed by atoms with E-state index in [1.165, 1.54) is 6.07 Å². The maximum atomic E-state index is 13.8. The Labute approximate surface area is 125 Å². The van der Waals surface area contributed by atoms with E-state index in [0.717, 1.165) is 19.6 Å². The lowest BCUT2D eigenvalue weighted by Crippen LogP contribution is -2.46. The van der Waals surface area contributed by atoms with Crippen LogP contribution in [0, 0.1) is 11.7 Å². The molecule has 1 aliphatic rings. The van der Waals surface area contributed by atoms with Gasteiger partial charge in [-0.05, 0) is 36.5 Å². The van der Waals surface area contributed by atoms with Crippen molar-refractivity contribution in [3.63, 3.8) is 0 Å². The molecule has 0 unspecified atom stereocenters. The molecule has 1 aromatic carbocycles. The largest absolute Gasteiger partial charge is 0.389 e. The molecule has 1 heterocycles. The number of piperidine rings is 1. The van der Waals surface area contributed by atoms with Gasteiger partial charge in [0.15, 0.2) is 0 Å². The van der Waals surface area contributed by atoms with Crippen molar-refractivity contribution in [3.8, 4) is 0 Å². The summed E-state index contributed by atoms with van der Waals surface area (Å²) in [6.45, 7) is 7.22. The third-order valence-electron chi connectivity index (χ3n) is 3.94. The Bertz CT molecular complexity index is 456. The van der Waals surface area contributed by atoms with Crippen molar-refractivity contribution in [1.29, 1.82) is 0 Å². The van der Waals surface area contributed by atoms with Crippen LogP contribution in [0.15, 0.2) is 18.2 Å². The second-order valence-corrected chi connectivity index (χ2v) is 6.77. The minimum Gasteiger partial charge on any atom is -0.389 e. The van der Waals surface area contributed by atoms with Gasteiger partial charge in [0.05, 0.1) is 5.60 Å². The number of hydrogen-bond acceptors (Lipinski definition) is 2. The molecule has 0 aliphatic carbocycles. The minimum absolute atomic E-state index is 0.324. The molecular weight excluding hydrogens is 277 g/mol. The zero-order valence-electron chi connectivity index (χ0n) is 12.2. The van der Waals surface area contributed by atoms with Crippen LogP contribution in [0.3, 0.4) is 0 Å². The fraction of sp³-hybridized carbons (Fsp3) is 0.625. The molecule has 1 fully saturated rings. The smallest absolute Gasteiger partial charge is 0.127 e. The van der Waals surface area contributed by atoms with E-state index in [0.29, 0.717) is 35.8 Å². The molecule has 1 aromatic rings. The molecule has 0 aromatic heterocycles. The van der Waals surface area contributed by atoms with Gasteiger partial charge in [-0.3, -0.25) is 0 Å². The molecule has 0 amide bonds. The van der Waals surface area contributed by atoms with E-state index >= 15 is 0 Å². The van der Waals surface area contributed by atoms with Crippen LogP contribution < -0.4 is 0 Å². The first-order valence-electron chi connectivity index (χ1n) is 7.27. The van der Waals surface area contributed by atoms with E-state index in [1.54, 1.807) is 12.1 Å². The number of rotatable bonds is 4. The lowest BCUT2D eigenvalue weighted by molar-refractivity contribution is -0.0232. The Morgan fingerprint density at radius 1 is 1.35 bits per heavy atom. The van der Waals surface area contributed by atoms with E-state index in [1.807, 2.05) is 0 Å². The molecule has 0 spiro atoms. The maximum absolute atomic E-state index is 13.8. The number of likely N-dealkylation sites (tertiary alicyclic amines) is 1. The van der Waals surface area contributed by atoms with Crippen LogP contribution >= 0.6 is 11.6 Å². The van der Waals surface area contributed by atoms with Crippen molar-refractivity contribution in [2.75, 3.05) is 19.6 Å². The third-order valence-corrected chi connectivity index (χ3v) is 4.18. The maximum Gasteiger partial charge on any atom is 0.127 e. The number of nitrogens with zero attached hydrogens (tertiary/aromatic N) is 1. The van der Waals surface area contributed by atoms with Crippen molar-refractivity contribution in [2.24, 2.45) is 5.92 Å². The van der Waals surface area contributed by atoms with Gasteiger partial charge in [-0.2, -0.15) is 0 Å². The van der Waals surface area contributed by atoms with Crippen molar-refractivity contribution >= 4 is 11.6 Å². The van der Waals surface area contributed by atoms with E-state index in [-0.39, 0.29) is 5.82 Å². The van der Waals surface area contributed by atoms with Crippen molar-refractivity contribution in [1.82, 2.24) is 4.90 Å². The molecule has 2 rings (SSSR count). The molecule has 0 saturated carbocycles. The van der Waals surface area contributed by atoms with Gasteiger partial charge >= 0.3 is 0 Å². The number of aliphatic hydroxyl groups is 1. The fourth-order valence-corrected chi connectivity index (χ4v) is 3.02. The summed E-state index contributed by atoms with van der Waals surface area (Å²) >= 11 is 5.75. The van der Waals surface area contributed by atoms with E-state index < -0.39 is 5.60 Å². The van der Waals surface area contributed by atoms with Crippen LogP contribution in [0.2, 0.25) is 5.02 Å². The quantitative estimate of drug-likeness (QED) is 0.920. The van der Waals surface area contributed by atoms with E-state index in [4.69, 9.17) is 11.6 Å². The van der Waals surface area contributed by atoms with Gasteiger partial charge in [-0.1, -0.05) is 31.5 Å². The minimum atomic E-state index is -0.790. The normalized spacial score (nSPS) is 19.5. The monoisotopic (exact) mass is 299 g/mol. The highest BCUT2D eigenvalue weighted by molar-refractivity contribution is 6.30. The Morgan fingerprint density at radius 2 is 2.00 bits per heavy atom. The molecule has 112 valence electrons. The summed E-state index contributed by atoms with van der Waals surface area (Å²) in [7, 11) is 0. The average Bonchev–Trinajstić information content (AvgIpc) is 2.36. The van der Waals surface area contributed by atoms with Gasteiger partial charge in [-0.15, -0.1) is 0 Å². The summed E-state index contributed by atoms with van der Waals surface area (Å²) in [6.07, 6.45) is 1.76. The molecule has 2 nitrogen and oxygen atoms in total. The first-order valence-corrected chi connectivity index (χ1v) is 7.64. The van der Waals surface area contributed by atoms with Gasteiger partial charge < -0.3 is 10.0 Å². The van der Waals surface area contributed by atoms with Gasteiger partial charge in [-0.25, -0.2) is 4.39 Å².